The van der Waals surface area contributed by atoms with Crippen LogP contribution in [0.3, 0.4) is 0 Å². The van der Waals surface area contributed by atoms with Crippen LogP contribution < -0.4 is 5.32 Å². The van der Waals surface area contributed by atoms with Crippen LogP contribution in [0, 0.1) is 0 Å². The third-order valence-corrected chi connectivity index (χ3v) is 2.61. The van der Waals surface area contributed by atoms with Gasteiger partial charge in [-0.05, 0) is 12.8 Å². The van der Waals surface area contributed by atoms with Gasteiger partial charge in [0.15, 0.2) is 0 Å². The predicted octanol–water partition coefficient (Wildman–Crippen LogP) is 1.89. The molecule has 1 saturated heterocycles. The number of halogens is 3. The van der Waals surface area contributed by atoms with Crippen molar-refractivity contribution in [2.24, 2.45) is 0 Å². The summed E-state index contributed by atoms with van der Waals surface area (Å²) < 4.78 is 35.9. The van der Waals surface area contributed by atoms with Crippen LogP contribution in [0.25, 0.3) is 0 Å². The molecule has 0 aromatic heterocycles. The lowest BCUT2D eigenvalue weighted by Gasteiger charge is -2.24. The van der Waals surface area contributed by atoms with E-state index in [0.717, 1.165) is 12.8 Å². The molecule has 1 amide bonds. The number of carbonyl (C=O) groups is 1. The molecule has 0 radical (unpaired) electrons. The second-order valence-electron chi connectivity index (χ2n) is 3.99. The molecule has 1 heterocycles. The maximum Gasteiger partial charge on any atom is 0.389 e. The number of amides is 1. The molecule has 0 saturated carbocycles. The van der Waals surface area contributed by atoms with Crippen molar-refractivity contribution in [3.8, 4) is 0 Å². The lowest BCUT2D eigenvalue weighted by atomic mass is 10.2. The monoisotopic (exact) mass is 238 g/mol. The molecule has 16 heavy (non-hydrogen) atoms. The van der Waals surface area contributed by atoms with E-state index in [4.69, 9.17) is 0 Å². The summed E-state index contributed by atoms with van der Waals surface area (Å²) >= 11 is 0. The van der Waals surface area contributed by atoms with Gasteiger partial charge in [-0.15, -0.1) is 0 Å². The number of nitrogens with zero attached hydrogens (tertiary/aromatic N) is 1. The van der Waals surface area contributed by atoms with Crippen molar-refractivity contribution < 1.29 is 18.0 Å². The summed E-state index contributed by atoms with van der Waals surface area (Å²) in [6, 6.07) is 0. The number of carbonyl (C=O) groups excluding carboxylic acids is 1. The van der Waals surface area contributed by atoms with Crippen molar-refractivity contribution in [3.63, 3.8) is 0 Å². The molecule has 1 rings (SSSR count). The van der Waals surface area contributed by atoms with Gasteiger partial charge in [-0.1, -0.05) is 13.3 Å². The first-order valence-electron chi connectivity index (χ1n) is 5.53. The number of hydrogen-bond donors (Lipinski definition) is 1. The molecule has 0 aromatic carbocycles. The average Bonchev–Trinajstić information content (AvgIpc) is 2.48. The second-order valence-corrected chi connectivity index (χ2v) is 3.99. The minimum atomic E-state index is -4.13. The number of hydrogen-bond acceptors (Lipinski definition) is 2. The summed E-state index contributed by atoms with van der Waals surface area (Å²) in [5.41, 5.74) is 0. The van der Waals surface area contributed by atoms with E-state index in [9.17, 15) is 18.0 Å². The van der Waals surface area contributed by atoms with Gasteiger partial charge in [0.1, 0.15) is 0 Å². The standard InChI is InChI=1S/C10H17F3N2O/c1-2-4-8-14-7-9(16)15(8)6-3-5-10(11,12)13/h8,14H,2-7H2,1H3. The molecule has 3 nitrogen and oxygen atoms in total. The molecular weight excluding hydrogens is 221 g/mol. The smallest absolute Gasteiger partial charge is 0.326 e. The number of rotatable bonds is 5. The highest BCUT2D eigenvalue weighted by Crippen LogP contribution is 2.22. The Hall–Kier alpha value is -0.780. The molecule has 0 spiro atoms. The topological polar surface area (TPSA) is 32.3 Å². The van der Waals surface area contributed by atoms with Crippen LogP contribution in [0.1, 0.15) is 32.6 Å². The number of nitrogens with one attached hydrogen (secondary N) is 1. The Morgan fingerprint density at radius 2 is 2.19 bits per heavy atom. The molecule has 0 aromatic rings. The summed E-state index contributed by atoms with van der Waals surface area (Å²) in [4.78, 5) is 12.9. The normalized spacial score (nSPS) is 21.9. The van der Waals surface area contributed by atoms with E-state index in [2.05, 4.69) is 5.32 Å². The Bertz CT molecular complexity index is 243. The first-order chi connectivity index (χ1) is 7.44. The highest BCUT2D eigenvalue weighted by molar-refractivity contribution is 5.80. The third-order valence-electron chi connectivity index (χ3n) is 2.61. The first-order valence-corrected chi connectivity index (χ1v) is 5.53. The van der Waals surface area contributed by atoms with Crippen LogP contribution in [0.2, 0.25) is 0 Å². The molecule has 1 aliphatic rings. The molecule has 0 bridgehead atoms. The quantitative estimate of drug-likeness (QED) is 0.793. The molecule has 0 aliphatic carbocycles. The Morgan fingerprint density at radius 1 is 1.50 bits per heavy atom. The van der Waals surface area contributed by atoms with Gasteiger partial charge in [0.2, 0.25) is 5.91 Å². The first kappa shape index (κ1) is 13.3. The summed E-state index contributed by atoms with van der Waals surface area (Å²) in [7, 11) is 0. The van der Waals surface area contributed by atoms with Crippen LogP contribution in [0.4, 0.5) is 13.2 Å². The van der Waals surface area contributed by atoms with E-state index in [-0.39, 0.29) is 31.6 Å². The highest BCUT2D eigenvalue weighted by Gasteiger charge is 2.31. The van der Waals surface area contributed by atoms with E-state index in [1.807, 2.05) is 6.92 Å². The lowest BCUT2D eigenvalue weighted by molar-refractivity contribution is -0.139. The summed E-state index contributed by atoms with van der Waals surface area (Å²) in [6.45, 7) is 2.42. The fraction of sp³-hybridized carbons (Fsp3) is 0.900. The van der Waals surface area contributed by atoms with Crippen molar-refractivity contribution >= 4 is 5.91 Å². The number of alkyl halides is 3. The van der Waals surface area contributed by atoms with Gasteiger partial charge in [0.05, 0.1) is 12.7 Å². The van der Waals surface area contributed by atoms with Crippen LogP contribution in [0.15, 0.2) is 0 Å². The molecule has 1 fully saturated rings. The molecule has 94 valence electrons. The van der Waals surface area contributed by atoms with Crippen LogP contribution in [-0.2, 0) is 4.79 Å². The van der Waals surface area contributed by atoms with Crippen LogP contribution >= 0.6 is 0 Å². The van der Waals surface area contributed by atoms with Crippen molar-refractivity contribution in [3.05, 3.63) is 0 Å². The van der Waals surface area contributed by atoms with Gasteiger partial charge in [0.25, 0.3) is 0 Å². The minimum Gasteiger partial charge on any atom is -0.326 e. The van der Waals surface area contributed by atoms with Gasteiger partial charge in [-0.2, -0.15) is 13.2 Å². The molecule has 6 heteroatoms. The SMILES string of the molecule is CCCC1NCC(=O)N1CCCC(F)(F)F. The average molecular weight is 238 g/mol. The molecule has 1 unspecified atom stereocenters. The largest absolute Gasteiger partial charge is 0.389 e. The summed E-state index contributed by atoms with van der Waals surface area (Å²) in [5, 5.41) is 3.00. The fourth-order valence-electron chi connectivity index (χ4n) is 1.85. The van der Waals surface area contributed by atoms with Gasteiger partial charge < -0.3 is 4.90 Å². The van der Waals surface area contributed by atoms with E-state index >= 15 is 0 Å². The highest BCUT2D eigenvalue weighted by atomic mass is 19.4. The summed E-state index contributed by atoms with van der Waals surface area (Å²) in [6.07, 6.45) is -3.35. The van der Waals surface area contributed by atoms with Crippen molar-refractivity contribution in [1.82, 2.24) is 10.2 Å². The minimum absolute atomic E-state index is 0.0167. The zero-order valence-electron chi connectivity index (χ0n) is 9.31. The van der Waals surface area contributed by atoms with Crippen molar-refractivity contribution in [1.29, 1.82) is 0 Å². The third kappa shape index (κ3) is 4.00. The zero-order chi connectivity index (χ0) is 12.2. The van der Waals surface area contributed by atoms with Gasteiger partial charge >= 0.3 is 6.18 Å². The fourth-order valence-corrected chi connectivity index (χ4v) is 1.85. The molecule has 1 aliphatic heterocycles. The Labute approximate surface area is 93.0 Å². The van der Waals surface area contributed by atoms with Crippen LogP contribution in [0.5, 0.6) is 0 Å². The maximum atomic E-state index is 12.0. The Kier molecular flexibility index (Phi) is 4.58. The second kappa shape index (κ2) is 5.52. The molecule has 1 N–H and O–H groups in total. The van der Waals surface area contributed by atoms with Gasteiger partial charge in [0, 0.05) is 13.0 Å². The van der Waals surface area contributed by atoms with Gasteiger partial charge in [-0.25, -0.2) is 0 Å². The summed E-state index contributed by atoms with van der Waals surface area (Å²) in [5.74, 6) is -0.0966. The Balaban J connectivity index is 2.35. The lowest BCUT2D eigenvalue weighted by Crippen LogP contribution is -2.38. The molecular formula is C10H17F3N2O. The van der Waals surface area contributed by atoms with Crippen LogP contribution in [-0.4, -0.2) is 36.2 Å². The van der Waals surface area contributed by atoms with E-state index in [0.29, 0.717) is 0 Å². The van der Waals surface area contributed by atoms with Crippen molar-refractivity contribution in [2.45, 2.75) is 44.9 Å². The predicted molar refractivity (Wildman–Crippen MR) is 53.7 cm³/mol. The molecule has 1 atom stereocenters. The van der Waals surface area contributed by atoms with E-state index in [1.54, 1.807) is 0 Å². The van der Waals surface area contributed by atoms with Crippen molar-refractivity contribution in [2.75, 3.05) is 13.1 Å². The Morgan fingerprint density at radius 3 is 2.75 bits per heavy atom. The van der Waals surface area contributed by atoms with E-state index in [1.165, 1.54) is 4.90 Å². The van der Waals surface area contributed by atoms with Gasteiger partial charge in [-0.3, -0.25) is 10.1 Å². The van der Waals surface area contributed by atoms with E-state index < -0.39 is 12.6 Å². The maximum absolute atomic E-state index is 12.0. The zero-order valence-corrected chi connectivity index (χ0v) is 9.31.